The van der Waals surface area contributed by atoms with Gasteiger partial charge in [0.25, 0.3) is 0 Å². The SMILES string of the molecule is CCC(C)N(CCC(=O)Nc1cc(OC)c(Cl)cc1OC)S(C)(=O)=O. The molecule has 25 heavy (non-hydrogen) atoms. The van der Waals surface area contributed by atoms with Gasteiger partial charge in [-0.3, -0.25) is 4.79 Å². The molecule has 0 aliphatic heterocycles. The van der Waals surface area contributed by atoms with Crippen LogP contribution in [-0.4, -0.2) is 51.7 Å². The van der Waals surface area contributed by atoms with Crippen molar-refractivity contribution in [3.05, 3.63) is 17.2 Å². The van der Waals surface area contributed by atoms with Gasteiger partial charge in [0.05, 0.1) is 31.2 Å². The van der Waals surface area contributed by atoms with E-state index in [1.807, 2.05) is 13.8 Å². The van der Waals surface area contributed by atoms with Crippen LogP contribution in [0.5, 0.6) is 11.5 Å². The summed E-state index contributed by atoms with van der Waals surface area (Å²) in [6.45, 7) is 3.81. The van der Waals surface area contributed by atoms with E-state index in [-0.39, 0.29) is 24.9 Å². The van der Waals surface area contributed by atoms with Crippen LogP contribution in [0.4, 0.5) is 5.69 Å². The van der Waals surface area contributed by atoms with Gasteiger partial charge in [0.1, 0.15) is 11.5 Å². The third kappa shape index (κ3) is 6.05. The fraction of sp³-hybridized carbons (Fsp3) is 0.562. The predicted octanol–water partition coefficient (Wildman–Crippen LogP) is 2.75. The van der Waals surface area contributed by atoms with Gasteiger partial charge in [0.2, 0.25) is 15.9 Å². The minimum atomic E-state index is -3.38. The monoisotopic (exact) mass is 392 g/mol. The van der Waals surface area contributed by atoms with E-state index in [0.717, 1.165) is 6.26 Å². The number of nitrogens with zero attached hydrogens (tertiary/aromatic N) is 1. The standard InChI is InChI=1S/C16H25ClN2O5S/c1-6-11(2)19(25(5,21)22)8-7-16(20)18-13-10-14(23-3)12(17)9-15(13)24-4/h9-11H,6-8H2,1-5H3,(H,18,20). The molecule has 0 saturated heterocycles. The summed E-state index contributed by atoms with van der Waals surface area (Å²) in [7, 11) is -0.455. The lowest BCUT2D eigenvalue weighted by Gasteiger charge is -2.25. The fourth-order valence-corrected chi connectivity index (χ4v) is 3.76. The molecule has 0 bridgehead atoms. The molecule has 1 N–H and O–H groups in total. The third-order valence-electron chi connectivity index (χ3n) is 3.82. The molecule has 142 valence electrons. The van der Waals surface area contributed by atoms with Crippen molar-refractivity contribution in [3.8, 4) is 11.5 Å². The molecule has 0 aliphatic carbocycles. The van der Waals surface area contributed by atoms with Crippen molar-refractivity contribution < 1.29 is 22.7 Å². The molecule has 1 aromatic carbocycles. The van der Waals surface area contributed by atoms with E-state index in [9.17, 15) is 13.2 Å². The zero-order valence-electron chi connectivity index (χ0n) is 15.1. The number of halogens is 1. The maximum absolute atomic E-state index is 12.2. The Bertz CT molecular complexity index is 709. The molecule has 1 rings (SSSR count). The van der Waals surface area contributed by atoms with E-state index in [1.165, 1.54) is 24.6 Å². The zero-order valence-corrected chi connectivity index (χ0v) is 16.7. The summed E-state index contributed by atoms with van der Waals surface area (Å²) in [6.07, 6.45) is 1.83. The average molecular weight is 393 g/mol. The molecule has 9 heteroatoms. The lowest BCUT2D eigenvalue weighted by molar-refractivity contribution is -0.116. The van der Waals surface area contributed by atoms with Crippen LogP contribution < -0.4 is 14.8 Å². The molecule has 1 amide bonds. The predicted molar refractivity (Wildman–Crippen MR) is 99.1 cm³/mol. The minimum Gasteiger partial charge on any atom is -0.495 e. The van der Waals surface area contributed by atoms with Gasteiger partial charge in [0, 0.05) is 31.1 Å². The van der Waals surface area contributed by atoms with Gasteiger partial charge >= 0.3 is 0 Å². The fourth-order valence-electron chi connectivity index (χ4n) is 2.30. The molecule has 0 fully saturated rings. The Kier molecular flexibility index (Phi) is 7.98. The van der Waals surface area contributed by atoms with Gasteiger partial charge < -0.3 is 14.8 Å². The van der Waals surface area contributed by atoms with Crippen molar-refractivity contribution in [2.24, 2.45) is 0 Å². The Balaban J connectivity index is 2.86. The first-order valence-corrected chi connectivity index (χ1v) is 10.0. The lowest BCUT2D eigenvalue weighted by atomic mass is 10.2. The quantitative estimate of drug-likeness (QED) is 0.698. The first-order valence-electron chi connectivity index (χ1n) is 7.82. The highest BCUT2D eigenvalue weighted by atomic mass is 35.5. The molecule has 0 saturated carbocycles. The highest BCUT2D eigenvalue weighted by molar-refractivity contribution is 7.88. The summed E-state index contributed by atoms with van der Waals surface area (Å²) in [5.41, 5.74) is 0.406. The molecule has 1 atom stereocenters. The van der Waals surface area contributed by atoms with Crippen LogP contribution >= 0.6 is 11.6 Å². The molecule has 1 aromatic rings. The van der Waals surface area contributed by atoms with Crippen LogP contribution in [0.3, 0.4) is 0 Å². The number of rotatable bonds is 9. The number of hydrogen-bond donors (Lipinski definition) is 1. The lowest BCUT2D eigenvalue weighted by Crippen LogP contribution is -2.39. The molecule has 1 unspecified atom stereocenters. The molecule has 7 nitrogen and oxygen atoms in total. The van der Waals surface area contributed by atoms with Gasteiger partial charge in [0.15, 0.2) is 0 Å². The highest BCUT2D eigenvalue weighted by Gasteiger charge is 2.23. The van der Waals surface area contributed by atoms with Crippen molar-refractivity contribution in [3.63, 3.8) is 0 Å². The van der Waals surface area contributed by atoms with Crippen molar-refractivity contribution in [1.82, 2.24) is 4.31 Å². The second kappa shape index (κ2) is 9.26. The average Bonchev–Trinajstić information content (AvgIpc) is 2.54. The molecule has 0 aliphatic rings. The van der Waals surface area contributed by atoms with E-state index in [4.69, 9.17) is 21.1 Å². The van der Waals surface area contributed by atoms with E-state index < -0.39 is 10.0 Å². The highest BCUT2D eigenvalue weighted by Crippen LogP contribution is 2.35. The second-order valence-electron chi connectivity index (χ2n) is 5.62. The van der Waals surface area contributed by atoms with Gasteiger partial charge in [-0.25, -0.2) is 8.42 Å². The van der Waals surface area contributed by atoms with Crippen LogP contribution in [0, 0.1) is 0 Å². The van der Waals surface area contributed by atoms with Crippen LogP contribution in [0.25, 0.3) is 0 Å². The summed E-state index contributed by atoms with van der Waals surface area (Å²) in [5.74, 6) is 0.454. The number of carbonyl (C=O) groups excluding carboxylic acids is 1. The Morgan fingerprint density at radius 2 is 1.88 bits per heavy atom. The van der Waals surface area contributed by atoms with Crippen LogP contribution in [0.2, 0.25) is 5.02 Å². The normalized spacial score (nSPS) is 12.8. The summed E-state index contributed by atoms with van der Waals surface area (Å²) < 4.78 is 35.4. The van der Waals surface area contributed by atoms with Crippen molar-refractivity contribution >= 4 is 33.2 Å². The maximum Gasteiger partial charge on any atom is 0.225 e. The van der Waals surface area contributed by atoms with Gasteiger partial charge in [-0.2, -0.15) is 4.31 Å². The first-order chi connectivity index (χ1) is 11.6. The van der Waals surface area contributed by atoms with Crippen molar-refractivity contribution in [2.45, 2.75) is 32.7 Å². The Labute approximate surface area is 154 Å². The number of hydrogen-bond acceptors (Lipinski definition) is 5. The maximum atomic E-state index is 12.2. The number of nitrogens with one attached hydrogen (secondary N) is 1. The molecular formula is C16H25ClN2O5S. The first kappa shape index (κ1) is 21.5. The Morgan fingerprint density at radius 1 is 1.28 bits per heavy atom. The summed E-state index contributed by atoms with van der Waals surface area (Å²) in [4.78, 5) is 12.2. The van der Waals surface area contributed by atoms with E-state index in [0.29, 0.717) is 28.6 Å². The number of sulfonamides is 1. The molecular weight excluding hydrogens is 368 g/mol. The Morgan fingerprint density at radius 3 is 2.36 bits per heavy atom. The smallest absolute Gasteiger partial charge is 0.225 e. The van der Waals surface area contributed by atoms with E-state index >= 15 is 0 Å². The van der Waals surface area contributed by atoms with E-state index in [2.05, 4.69) is 5.32 Å². The molecule has 0 heterocycles. The number of ether oxygens (including phenoxy) is 2. The molecule has 0 aromatic heterocycles. The molecule has 0 spiro atoms. The van der Waals surface area contributed by atoms with Crippen molar-refractivity contribution in [2.75, 3.05) is 32.3 Å². The topological polar surface area (TPSA) is 84.9 Å². The largest absolute Gasteiger partial charge is 0.495 e. The summed E-state index contributed by atoms with van der Waals surface area (Å²) >= 11 is 6.03. The minimum absolute atomic E-state index is 0.0194. The summed E-state index contributed by atoms with van der Waals surface area (Å²) in [5, 5.41) is 3.06. The number of carbonyl (C=O) groups is 1. The van der Waals surface area contributed by atoms with Gasteiger partial charge in [-0.15, -0.1) is 0 Å². The van der Waals surface area contributed by atoms with Crippen molar-refractivity contribution in [1.29, 1.82) is 0 Å². The second-order valence-corrected chi connectivity index (χ2v) is 7.96. The molecule has 0 radical (unpaired) electrons. The number of methoxy groups -OCH3 is 2. The van der Waals surface area contributed by atoms with Gasteiger partial charge in [-0.05, 0) is 13.3 Å². The van der Waals surface area contributed by atoms with E-state index in [1.54, 1.807) is 6.07 Å². The third-order valence-corrected chi connectivity index (χ3v) is 5.51. The zero-order chi connectivity index (χ0) is 19.2. The number of anilines is 1. The Hall–Kier alpha value is -1.51. The van der Waals surface area contributed by atoms with Gasteiger partial charge in [-0.1, -0.05) is 18.5 Å². The van der Waals surface area contributed by atoms with Crippen LogP contribution in [-0.2, 0) is 14.8 Å². The summed E-state index contributed by atoms with van der Waals surface area (Å²) in [6, 6.07) is 2.92. The number of amides is 1. The van der Waals surface area contributed by atoms with Crippen LogP contribution in [0.15, 0.2) is 12.1 Å². The van der Waals surface area contributed by atoms with Crippen LogP contribution in [0.1, 0.15) is 26.7 Å². The number of benzene rings is 1.